The number of hydrogen-bond acceptors (Lipinski definition) is 5. The van der Waals surface area contributed by atoms with Crippen molar-refractivity contribution in [2.24, 2.45) is 11.7 Å². The number of rotatable bonds is 7. The number of ether oxygens (including phenoxy) is 1. The number of benzene rings is 2. The van der Waals surface area contributed by atoms with Gasteiger partial charge in [-0.05, 0) is 49.1 Å². The van der Waals surface area contributed by atoms with Crippen molar-refractivity contribution in [1.82, 2.24) is 20.4 Å². The summed E-state index contributed by atoms with van der Waals surface area (Å²) in [6.07, 6.45) is 2.56. The largest absolute Gasteiger partial charge is 0.444 e. The van der Waals surface area contributed by atoms with Gasteiger partial charge < -0.3 is 25.6 Å². The van der Waals surface area contributed by atoms with Crippen LogP contribution in [-0.4, -0.2) is 65.5 Å². The molecule has 2 saturated heterocycles. The van der Waals surface area contributed by atoms with E-state index >= 15 is 0 Å². The molecular formula is C28H36N6O4. The van der Waals surface area contributed by atoms with Crippen LogP contribution >= 0.6 is 0 Å². The number of urea groups is 1. The Morgan fingerprint density at radius 3 is 2.18 bits per heavy atom. The molecule has 0 aliphatic carbocycles. The highest BCUT2D eigenvalue weighted by Crippen LogP contribution is 2.28. The van der Waals surface area contributed by atoms with Gasteiger partial charge in [-0.15, -0.1) is 0 Å². The van der Waals surface area contributed by atoms with Crippen LogP contribution in [0.3, 0.4) is 0 Å². The fraction of sp³-hybridized carbons (Fsp3) is 0.429. The van der Waals surface area contributed by atoms with E-state index in [2.05, 4.69) is 10.6 Å². The third-order valence-electron chi connectivity index (χ3n) is 7.30. The summed E-state index contributed by atoms with van der Waals surface area (Å²) in [5.41, 5.74) is 7.44. The predicted octanol–water partition coefficient (Wildman–Crippen LogP) is 2.83. The monoisotopic (exact) mass is 520 g/mol. The second-order valence-electron chi connectivity index (χ2n) is 9.90. The van der Waals surface area contributed by atoms with Crippen molar-refractivity contribution in [3.05, 3.63) is 71.8 Å². The molecule has 202 valence electrons. The van der Waals surface area contributed by atoms with Crippen LogP contribution in [0.2, 0.25) is 0 Å². The molecule has 10 heteroatoms. The number of hydrogen-bond donors (Lipinski definition) is 4. The molecule has 4 rings (SSSR count). The van der Waals surface area contributed by atoms with E-state index in [4.69, 9.17) is 15.9 Å². The molecule has 2 fully saturated rings. The molecule has 2 aliphatic rings. The standard InChI is InChI=1S/C28H36N6O4/c29-26(30)33-15-13-21(14-16-33)18-31-25(35)24-12-11-23(17-20-7-3-1-4-8-20)34(24)27(36)32-28(37)38-19-22-9-5-2-6-10-22/h1-10,21,23-24H,11-19H2,(H3,29,30)(H,31,35)(H,32,36,37)/t23?,24-/m0/s1. The first-order valence-electron chi connectivity index (χ1n) is 13.1. The maximum Gasteiger partial charge on any atom is 0.415 e. The summed E-state index contributed by atoms with van der Waals surface area (Å²) in [7, 11) is 0. The van der Waals surface area contributed by atoms with E-state index < -0.39 is 18.2 Å². The van der Waals surface area contributed by atoms with Gasteiger partial charge in [-0.1, -0.05) is 60.7 Å². The molecule has 5 N–H and O–H groups in total. The van der Waals surface area contributed by atoms with Crippen LogP contribution in [0, 0.1) is 11.3 Å². The number of carbonyl (C=O) groups excluding carboxylic acids is 3. The van der Waals surface area contributed by atoms with E-state index in [-0.39, 0.29) is 30.4 Å². The number of carbonyl (C=O) groups is 3. The molecule has 0 bridgehead atoms. The maximum atomic E-state index is 13.3. The van der Waals surface area contributed by atoms with Crippen LogP contribution in [0.1, 0.15) is 36.8 Å². The van der Waals surface area contributed by atoms with Gasteiger partial charge in [0.2, 0.25) is 5.91 Å². The van der Waals surface area contributed by atoms with Crippen LogP contribution in [0.5, 0.6) is 0 Å². The van der Waals surface area contributed by atoms with Gasteiger partial charge in [0.1, 0.15) is 12.6 Å². The number of piperidine rings is 1. The van der Waals surface area contributed by atoms with Gasteiger partial charge in [0.15, 0.2) is 5.96 Å². The van der Waals surface area contributed by atoms with E-state index in [0.717, 1.165) is 24.0 Å². The van der Waals surface area contributed by atoms with Gasteiger partial charge in [0.05, 0.1) is 0 Å². The Morgan fingerprint density at radius 1 is 0.921 bits per heavy atom. The number of guanidine groups is 1. The van der Waals surface area contributed by atoms with Crippen molar-refractivity contribution >= 4 is 24.0 Å². The average molecular weight is 521 g/mol. The van der Waals surface area contributed by atoms with Crippen molar-refractivity contribution in [3.8, 4) is 0 Å². The van der Waals surface area contributed by atoms with Gasteiger partial charge in [-0.2, -0.15) is 0 Å². The lowest BCUT2D eigenvalue weighted by molar-refractivity contribution is -0.125. The number of nitrogens with two attached hydrogens (primary N) is 1. The lowest BCUT2D eigenvalue weighted by Gasteiger charge is -2.33. The quantitative estimate of drug-likeness (QED) is 0.327. The third-order valence-corrected chi connectivity index (χ3v) is 7.30. The Morgan fingerprint density at radius 2 is 1.55 bits per heavy atom. The topological polar surface area (TPSA) is 141 Å². The fourth-order valence-corrected chi connectivity index (χ4v) is 5.19. The van der Waals surface area contributed by atoms with Gasteiger partial charge >= 0.3 is 12.1 Å². The molecule has 0 saturated carbocycles. The van der Waals surface area contributed by atoms with Crippen LogP contribution in [-0.2, 0) is 22.6 Å². The highest BCUT2D eigenvalue weighted by Gasteiger charge is 2.41. The molecule has 1 unspecified atom stereocenters. The van der Waals surface area contributed by atoms with Gasteiger partial charge in [0.25, 0.3) is 0 Å². The average Bonchev–Trinajstić information content (AvgIpc) is 3.35. The minimum atomic E-state index is -0.847. The molecule has 0 spiro atoms. The van der Waals surface area contributed by atoms with E-state index in [0.29, 0.717) is 38.9 Å². The number of imide groups is 1. The molecule has 2 aromatic carbocycles. The second kappa shape index (κ2) is 12.9. The summed E-state index contributed by atoms with van der Waals surface area (Å²) in [6.45, 7) is 1.93. The maximum absolute atomic E-state index is 13.3. The molecule has 2 heterocycles. The summed E-state index contributed by atoms with van der Waals surface area (Å²) in [5, 5.41) is 12.9. The highest BCUT2D eigenvalue weighted by atomic mass is 16.5. The number of amides is 4. The van der Waals surface area contributed by atoms with E-state index in [1.54, 1.807) is 0 Å². The summed E-state index contributed by atoms with van der Waals surface area (Å²) in [4.78, 5) is 42.3. The van der Waals surface area contributed by atoms with Crippen molar-refractivity contribution < 1.29 is 19.1 Å². The Kier molecular flexibility index (Phi) is 9.18. The van der Waals surface area contributed by atoms with Crippen molar-refractivity contribution in [3.63, 3.8) is 0 Å². The number of nitrogens with one attached hydrogen (secondary N) is 3. The normalized spacial score (nSPS) is 19.6. The molecule has 0 aromatic heterocycles. The van der Waals surface area contributed by atoms with Crippen molar-refractivity contribution in [2.45, 2.75) is 50.8 Å². The smallest absolute Gasteiger partial charge is 0.415 e. The molecule has 2 aliphatic heterocycles. The SMILES string of the molecule is N=C(N)N1CCC(CNC(=O)[C@@H]2CCC(Cc3ccccc3)N2C(=O)NC(=O)OCc2ccccc2)CC1. The molecule has 38 heavy (non-hydrogen) atoms. The number of alkyl carbamates (subject to hydrolysis) is 1. The first kappa shape index (κ1) is 27.0. The Labute approximate surface area is 223 Å². The van der Waals surface area contributed by atoms with Crippen LogP contribution in [0.15, 0.2) is 60.7 Å². The van der Waals surface area contributed by atoms with Crippen LogP contribution in [0.25, 0.3) is 0 Å². The molecule has 0 radical (unpaired) electrons. The Bertz CT molecular complexity index is 1100. The molecule has 4 amide bonds. The minimum absolute atomic E-state index is 0.0414. The summed E-state index contributed by atoms with van der Waals surface area (Å²) >= 11 is 0. The summed E-state index contributed by atoms with van der Waals surface area (Å²) < 4.78 is 5.23. The summed E-state index contributed by atoms with van der Waals surface area (Å²) in [6, 6.07) is 17.5. The Balaban J connectivity index is 1.37. The number of nitrogens with zero attached hydrogens (tertiary/aromatic N) is 2. The van der Waals surface area contributed by atoms with Crippen molar-refractivity contribution in [1.29, 1.82) is 5.41 Å². The molecule has 10 nitrogen and oxygen atoms in total. The summed E-state index contributed by atoms with van der Waals surface area (Å²) in [5.74, 6) is 0.139. The number of likely N-dealkylation sites (tertiary alicyclic amines) is 2. The van der Waals surface area contributed by atoms with Gasteiger partial charge in [-0.25, -0.2) is 14.9 Å². The first-order chi connectivity index (χ1) is 18.4. The van der Waals surface area contributed by atoms with E-state index in [9.17, 15) is 14.4 Å². The van der Waals surface area contributed by atoms with Crippen LogP contribution in [0.4, 0.5) is 9.59 Å². The van der Waals surface area contributed by atoms with E-state index in [1.807, 2.05) is 65.6 Å². The van der Waals surface area contributed by atoms with Gasteiger partial charge in [0, 0.05) is 25.7 Å². The lowest BCUT2D eigenvalue weighted by Crippen LogP contribution is -2.54. The molecule has 2 atom stereocenters. The fourth-order valence-electron chi connectivity index (χ4n) is 5.19. The zero-order chi connectivity index (χ0) is 26.9. The first-order valence-corrected chi connectivity index (χ1v) is 13.1. The van der Waals surface area contributed by atoms with Gasteiger partial charge in [-0.3, -0.25) is 10.2 Å². The van der Waals surface area contributed by atoms with Crippen molar-refractivity contribution in [2.75, 3.05) is 19.6 Å². The zero-order valence-corrected chi connectivity index (χ0v) is 21.5. The van der Waals surface area contributed by atoms with E-state index in [1.165, 1.54) is 4.90 Å². The molecule has 2 aromatic rings. The lowest BCUT2D eigenvalue weighted by atomic mass is 9.97. The molecular weight excluding hydrogens is 484 g/mol. The zero-order valence-electron chi connectivity index (χ0n) is 21.5. The van der Waals surface area contributed by atoms with Crippen LogP contribution < -0.4 is 16.4 Å². The highest BCUT2D eigenvalue weighted by molar-refractivity contribution is 5.94. The second-order valence-corrected chi connectivity index (χ2v) is 9.90. The Hall–Kier alpha value is -4.08. The minimum Gasteiger partial charge on any atom is -0.444 e. The predicted molar refractivity (Wildman–Crippen MR) is 143 cm³/mol. The third kappa shape index (κ3) is 7.24.